The molecule has 69 heavy (non-hydrogen) atoms. The summed E-state index contributed by atoms with van der Waals surface area (Å²) in [6, 6.07) is 2.55. The molecule has 350 valence electrons. The Balaban J connectivity index is 0.00000642. The van der Waals surface area contributed by atoms with Crippen LogP contribution in [0.15, 0.2) is 24.3 Å². The van der Waals surface area contributed by atoms with E-state index in [4.69, 9.17) is 0 Å². The summed E-state index contributed by atoms with van der Waals surface area (Å²) < 4.78 is 303. The summed E-state index contributed by atoms with van der Waals surface area (Å²) in [7, 11) is 0. The van der Waals surface area contributed by atoms with E-state index in [2.05, 4.69) is 19.9 Å². The maximum Gasteiger partial charge on any atom is 3.00 e. The van der Waals surface area contributed by atoms with Crippen molar-refractivity contribution in [1.82, 2.24) is 19.9 Å². The maximum absolute atomic E-state index is 15.8. The van der Waals surface area contributed by atoms with Gasteiger partial charge in [0.1, 0.15) is 0 Å². The molecular formula is C44H10F20MnN4+3. The van der Waals surface area contributed by atoms with E-state index in [0.717, 1.165) is 0 Å². The van der Waals surface area contributed by atoms with Gasteiger partial charge in [0.2, 0.25) is 23.3 Å². The van der Waals surface area contributed by atoms with Crippen LogP contribution in [-0.4, -0.2) is 19.9 Å². The fourth-order valence-electron chi connectivity index (χ4n) is 7.56. The second kappa shape index (κ2) is 17.0. The van der Waals surface area contributed by atoms with E-state index in [1.165, 1.54) is 0 Å². The number of hydrogen-bond acceptors (Lipinski definition) is 2. The minimum Gasteiger partial charge on any atom is -0.354 e. The number of nitrogens with one attached hydrogen (secondary N) is 2. The SMILES string of the molecule is Fc1c(F)c(F)c(-c2c3nc(c(-c4c(F)c(F)c(F)c(F)c4F)c4ccc([nH]4)c(-c4c(F)c(F)c(F)c(F)c4F)c4ccc([nH]4)c(-c4c(F)c(F)c(F)c(F)c4F)c4nc2C=C4)C=C3)c(F)c1F.[Mn+3]. The monoisotopic (exact) mass is 1030 g/mol. The molecule has 8 bridgehead atoms. The molecule has 0 radical (unpaired) electrons. The molecule has 2 aliphatic rings. The molecule has 4 nitrogen and oxygen atoms in total. The molecule has 0 amide bonds. The fraction of sp³-hybridized carbons (Fsp3) is 0. The second-order valence-corrected chi connectivity index (χ2v) is 14.3. The molecule has 0 spiro atoms. The van der Waals surface area contributed by atoms with Crippen LogP contribution < -0.4 is 0 Å². The van der Waals surface area contributed by atoms with Gasteiger partial charge in [0, 0.05) is 44.3 Å². The first-order valence-electron chi connectivity index (χ1n) is 18.3. The van der Waals surface area contributed by atoms with Gasteiger partial charge >= 0.3 is 17.1 Å². The van der Waals surface area contributed by atoms with E-state index in [0.29, 0.717) is 48.6 Å². The number of halogens is 20. The summed E-state index contributed by atoms with van der Waals surface area (Å²) in [5.74, 6) is -52.6. The van der Waals surface area contributed by atoms with Crippen molar-refractivity contribution in [2.45, 2.75) is 0 Å². The molecular weight excluding hydrogens is 1020 g/mol. The fourth-order valence-corrected chi connectivity index (χ4v) is 7.56. The Morgan fingerprint density at radius 3 is 0.638 bits per heavy atom. The quantitative estimate of drug-likeness (QED) is 0.0799. The molecule has 0 atom stereocenters. The summed E-state index contributed by atoms with van der Waals surface area (Å²) >= 11 is 0. The summed E-state index contributed by atoms with van der Waals surface area (Å²) in [6.45, 7) is 0. The Bertz CT molecular complexity index is 3420. The Labute approximate surface area is 378 Å². The summed E-state index contributed by atoms with van der Waals surface area (Å²) in [4.78, 5) is 12.3. The van der Waals surface area contributed by atoms with Gasteiger partial charge in [-0.05, 0) is 48.6 Å². The van der Waals surface area contributed by atoms with E-state index >= 15 is 35.1 Å². The largest absolute Gasteiger partial charge is 3.00 e. The summed E-state index contributed by atoms with van der Waals surface area (Å²) in [5.41, 5.74) is -20.5. The van der Waals surface area contributed by atoms with Gasteiger partial charge in [0.25, 0.3) is 0 Å². The summed E-state index contributed by atoms with van der Waals surface area (Å²) in [5, 5.41) is 0. The average Bonchev–Trinajstić information content (AvgIpc) is 4.18. The van der Waals surface area contributed by atoms with Crippen LogP contribution >= 0.6 is 0 Å². The van der Waals surface area contributed by atoms with Gasteiger partial charge in [-0.25, -0.2) is 97.8 Å². The van der Waals surface area contributed by atoms with Crippen molar-refractivity contribution in [3.8, 4) is 44.5 Å². The number of fused-ring (bicyclic) bond motifs is 8. The van der Waals surface area contributed by atoms with Gasteiger partial charge in [-0.1, -0.05) is 0 Å². The first-order valence-corrected chi connectivity index (χ1v) is 18.3. The molecule has 4 aromatic carbocycles. The Kier molecular flexibility index (Phi) is 11.8. The second-order valence-electron chi connectivity index (χ2n) is 14.3. The molecule has 9 rings (SSSR count). The number of aromatic nitrogens is 4. The number of aromatic amines is 2. The van der Waals surface area contributed by atoms with Crippen LogP contribution in [0.5, 0.6) is 0 Å². The molecule has 5 heterocycles. The molecule has 2 N–H and O–H groups in total. The van der Waals surface area contributed by atoms with Gasteiger partial charge in [0.05, 0.1) is 45.0 Å². The predicted molar refractivity (Wildman–Crippen MR) is 200 cm³/mol. The van der Waals surface area contributed by atoms with E-state index in [1.807, 2.05) is 0 Å². The average molecular weight is 1030 g/mol. The van der Waals surface area contributed by atoms with Gasteiger partial charge < -0.3 is 9.97 Å². The van der Waals surface area contributed by atoms with E-state index in [1.54, 1.807) is 0 Å². The Hall–Kier alpha value is -7.40. The molecule has 0 aliphatic carbocycles. The van der Waals surface area contributed by atoms with Crippen molar-refractivity contribution in [3.63, 3.8) is 0 Å². The van der Waals surface area contributed by atoms with Crippen LogP contribution in [0.2, 0.25) is 0 Å². The zero-order chi connectivity index (χ0) is 49.3. The minimum atomic E-state index is -2.72. The first-order chi connectivity index (χ1) is 32.1. The number of benzene rings is 4. The van der Waals surface area contributed by atoms with Crippen LogP contribution in [0, 0.1) is 116 Å². The number of rotatable bonds is 4. The van der Waals surface area contributed by atoms with Crippen LogP contribution in [0.4, 0.5) is 87.8 Å². The molecule has 2 aliphatic heterocycles. The number of nitrogens with zero attached hydrogens (tertiary/aromatic N) is 2. The maximum atomic E-state index is 15.8. The normalized spacial score (nSPS) is 12.1. The van der Waals surface area contributed by atoms with Crippen molar-refractivity contribution in [2.75, 3.05) is 0 Å². The van der Waals surface area contributed by atoms with Gasteiger partial charge in [-0.2, -0.15) is 0 Å². The van der Waals surface area contributed by atoms with Crippen LogP contribution in [0.1, 0.15) is 22.8 Å². The van der Waals surface area contributed by atoms with E-state index < -0.39 is 206 Å². The number of H-pyrrole nitrogens is 2. The zero-order valence-electron chi connectivity index (χ0n) is 32.5. The standard InChI is InChI=1S/C44H10F20N4.Mn/c45-25-21(26(46)34(54)41(61)33(25)53)17-9-1-2-10(65-9)18(22-27(47)35(55)42(62)36(56)28(22)48)12-5-6-14(67-12)20(24-31(51)39(59)44(64)40(60)32(24)52)16-8-7-15(68-16)19(13-4-3-11(17)66-13)23-29(49)37(57)43(63)38(58)30(23)50;/h1-8,65-66H;/q;+3. The third-order valence-corrected chi connectivity index (χ3v) is 10.6. The van der Waals surface area contributed by atoms with Crippen molar-refractivity contribution >= 4 is 46.4 Å². The minimum absolute atomic E-state index is 0. The van der Waals surface area contributed by atoms with Gasteiger partial charge in [0.15, 0.2) is 93.1 Å². The molecule has 0 saturated heterocycles. The molecule has 0 unspecified atom stereocenters. The first kappa shape index (κ1) is 48.1. The molecule has 7 aromatic rings. The smallest absolute Gasteiger partial charge is 0.354 e. The topological polar surface area (TPSA) is 57.4 Å². The Morgan fingerprint density at radius 1 is 0.217 bits per heavy atom. The third-order valence-electron chi connectivity index (χ3n) is 10.6. The third kappa shape index (κ3) is 6.99. The molecule has 0 fully saturated rings. The molecule has 25 heteroatoms. The summed E-state index contributed by atoms with van der Waals surface area (Å²) in [6.07, 6.45) is 2.36. The predicted octanol–water partition coefficient (Wildman–Crippen LogP) is 14.1. The van der Waals surface area contributed by atoms with Crippen molar-refractivity contribution < 1.29 is 105 Å². The van der Waals surface area contributed by atoms with Gasteiger partial charge in [-0.3, -0.25) is 0 Å². The Morgan fingerprint density at radius 2 is 0.391 bits per heavy atom. The molecule has 3 aromatic heterocycles. The van der Waals surface area contributed by atoms with Crippen molar-refractivity contribution in [2.24, 2.45) is 0 Å². The van der Waals surface area contributed by atoms with Crippen LogP contribution in [0.25, 0.3) is 90.9 Å². The van der Waals surface area contributed by atoms with E-state index in [9.17, 15) is 52.7 Å². The van der Waals surface area contributed by atoms with Crippen LogP contribution in [-0.2, 0) is 17.1 Å². The van der Waals surface area contributed by atoms with Crippen molar-refractivity contribution in [1.29, 1.82) is 0 Å². The number of hydrogen-bond donors (Lipinski definition) is 2. The van der Waals surface area contributed by atoms with E-state index in [-0.39, 0.29) is 17.1 Å². The van der Waals surface area contributed by atoms with Crippen molar-refractivity contribution in [3.05, 3.63) is 163 Å². The zero-order valence-corrected chi connectivity index (χ0v) is 33.6. The van der Waals surface area contributed by atoms with Gasteiger partial charge in [-0.15, -0.1) is 0 Å². The molecule has 0 saturated carbocycles. The van der Waals surface area contributed by atoms with Crippen LogP contribution in [0.3, 0.4) is 0 Å².